The highest BCUT2D eigenvalue weighted by molar-refractivity contribution is 5.91. The standard InChI is InChI=1S/C20H24N4O4/c25-20(5-2-10-21-16-6-8-18(9-7-16)24(26)27)22-17-3-1-4-19(15-17)23-11-13-28-14-12-23/h1,3-4,6-9,15,21H,2,5,10-14H2,(H,22,25). The zero-order chi connectivity index (χ0) is 19.8. The highest BCUT2D eigenvalue weighted by Crippen LogP contribution is 2.21. The van der Waals surface area contributed by atoms with Gasteiger partial charge in [0.25, 0.3) is 5.69 Å². The fourth-order valence-corrected chi connectivity index (χ4v) is 3.01. The lowest BCUT2D eigenvalue weighted by molar-refractivity contribution is -0.384. The molecule has 8 heteroatoms. The van der Waals surface area contributed by atoms with Crippen LogP contribution in [0.4, 0.5) is 22.7 Å². The van der Waals surface area contributed by atoms with E-state index in [1.54, 1.807) is 12.1 Å². The van der Waals surface area contributed by atoms with Gasteiger partial charge in [-0.2, -0.15) is 0 Å². The van der Waals surface area contributed by atoms with Crippen LogP contribution in [0.15, 0.2) is 48.5 Å². The van der Waals surface area contributed by atoms with E-state index in [9.17, 15) is 14.9 Å². The van der Waals surface area contributed by atoms with Crippen molar-refractivity contribution in [1.82, 2.24) is 0 Å². The highest BCUT2D eigenvalue weighted by atomic mass is 16.6. The minimum absolute atomic E-state index is 0.0374. The summed E-state index contributed by atoms with van der Waals surface area (Å²) in [6, 6.07) is 14.1. The largest absolute Gasteiger partial charge is 0.385 e. The second-order valence-electron chi connectivity index (χ2n) is 6.53. The molecule has 8 nitrogen and oxygen atoms in total. The lowest BCUT2D eigenvalue weighted by Gasteiger charge is -2.29. The van der Waals surface area contributed by atoms with Gasteiger partial charge in [0.05, 0.1) is 18.1 Å². The summed E-state index contributed by atoms with van der Waals surface area (Å²) in [4.78, 5) is 24.6. The molecular weight excluding hydrogens is 360 g/mol. The predicted molar refractivity (Wildman–Crippen MR) is 109 cm³/mol. The van der Waals surface area contributed by atoms with E-state index < -0.39 is 4.92 Å². The van der Waals surface area contributed by atoms with Crippen LogP contribution >= 0.6 is 0 Å². The average Bonchev–Trinajstić information content (AvgIpc) is 2.72. The third-order valence-corrected chi connectivity index (χ3v) is 4.49. The second kappa shape index (κ2) is 9.70. The minimum Gasteiger partial charge on any atom is -0.385 e. The number of non-ortho nitro benzene ring substituents is 1. The summed E-state index contributed by atoms with van der Waals surface area (Å²) in [5, 5.41) is 16.7. The summed E-state index contributed by atoms with van der Waals surface area (Å²) in [5.74, 6) is -0.0374. The molecule has 28 heavy (non-hydrogen) atoms. The number of amides is 1. The third kappa shape index (κ3) is 5.68. The molecule has 1 saturated heterocycles. The van der Waals surface area contributed by atoms with Crippen molar-refractivity contribution in [3.8, 4) is 0 Å². The molecule has 1 aliphatic heterocycles. The summed E-state index contributed by atoms with van der Waals surface area (Å²) in [6.07, 6.45) is 1.05. The van der Waals surface area contributed by atoms with Gasteiger partial charge < -0.3 is 20.3 Å². The number of anilines is 3. The van der Waals surface area contributed by atoms with Gasteiger partial charge in [-0.15, -0.1) is 0 Å². The Morgan fingerprint density at radius 2 is 1.86 bits per heavy atom. The van der Waals surface area contributed by atoms with E-state index in [0.717, 1.165) is 43.4 Å². The van der Waals surface area contributed by atoms with Crippen LogP contribution in [0.3, 0.4) is 0 Å². The lowest BCUT2D eigenvalue weighted by atomic mass is 10.2. The number of carbonyl (C=O) groups excluding carboxylic acids is 1. The van der Waals surface area contributed by atoms with Crippen molar-refractivity contribution in [3.05, 3.63) is 58.6 Å². The highest BCUT2D eigenvalue weighted by Gasteiger charge is 2.12. The van der Waals surface area contributed by atoms with Gasteiger partial charge in [0.2, 0.25) is 5.91 Å². The monoisotopic (exact) mass is 384 g/mol. The van der Waals surface area contributed by atoms with Gasteiger partial charge in [-0.05, 0) is 36.8 Å². The maximum Gasteiger partial charge on any atom is 0.269 e. The first-order valence-electron chi connectivity index (χ1n) is 9.33. The molecule has 1 aliphatic rings. The Labute approximate surface area is 163 Å². The molecule has 1 fully saturated rings. The fraction of sp³-hybridized carbons (Fsp3) is 0.350. The van der Waals surface area contributed by atoms with Crippen LogP contribution in [0.25, 0.3) is 0 Å². The normalized spacial score (nSPS) is 13.8. The first-order valence-corrected chi connectivity index (χ1v) is 9.33. The van der Waals surface area contributed by atoms with E-state index >= 15 is 0 Å². The number of nitrogens with one attached hydrogen (secondary N) is 2. The molecule has 0 bridgehead atoms. The first kappa shape index (κ1) is 19.6. The number of ether oxygens (including phenoxy) is 1. The molecule has 2 aromatic rings. The number of nitro groups is 1. The summed E-state index contributed by atoms with van der Waals surface area (Å²) in [5.41, 5.74) is 2.73. The van der Waals surface area contributed by atoms with Gasteiger partial charge in [0, 0.05) is 55.2 Å². The molecule has 3 rings (SSSR count). The molecule has 0 aromatic heterocycles. The van der Waals surface area contributed by atoms with Crippen LogP contribution in [0.5, 0.6) is 0 Å². The predicted octanol–water partition coefficient (Wildman–Crippen LogP) is 3.26. The number of carbonyl (C=O) groups is 1. The van der Waals surface area contributed by atoms with Crippen LogP contribution < -0.4 is 15.5 Å². The number of hydrogen-bond acceptors (Lipinski definition) is 6. The maximum atomic E-state index is 12.2. The van der Waals surface area contributed by atoms with Crippen molar-refractivity contribution in [1.29, 1.82) is 0 Å². The Bertz CT molecular complexity index is 804. The Morgan fingerprint density at radius 1 is 1.11 bits per heavy atom. The van der Waals surface area contributed by atoms with Crippen LogP contribution in [0.1, 0.15) is 12.8 Å². The molecule has 2 aromatic carbocycles. The zero-order valence-electron chi connectivity index (χ0n) is 15.6. The lowest BCUT2D eigenvalue weighted by Crippen LogP contribution is -2.36. The second-order valence-corrected chi connectivity index (χ2v) is 6.53. The number of nitro benzene ring substituents is 1. The van der Waals surface area contributed by atoms with Crippen molar-refractivity contribution in [2.24, 2.45) is 0 Å². The zero-order valence-corrected chi connectivity index (χ0v) is 15.6. The maximum absolute atomic E-state index is 12.2. The van der Waals surface area contributed by atoms with Crippen molar-refractivity contribution >= 4 is 28.7 Å². The number of rotatable bonds is 8. The van der Waals surface area contributed by atoms with Crippen LogP contribution in [-0.4, -0.2) is 43.7 Å². The van der Waals surface area contributed by atoms with Gasteiger partial charge in [-0.1, -0.05) is 6.07 Å². The third-order valence-electron chi connectivity index (χ3n) is 4.49. The Balaban J connectivity index is 1.41. The summed E-state index contributed by atoms with van der Waals surface area (Å²) in [6.45, 7) is 3.76. The fourth-order valence-electron chi connectivity index (χ4n) is 3.01. The van der Waals surface area contributed by atoms with E-state index in [0.29, 0.717) is 19.4 Å². The Kier molecular flexibility index (Phi) is 6.80. The Morgan fingerprint density at radius 3 is 2.57 bits per heavy atom. The smallest absolute Gasteiger partial charge is 0.269 e. The molecule has 1 heterocycles. The molecule has 0 saturated carbocycles. The molecule has 2 N–H and O–H groups in total. The molecule has 0 atom stereocenters. The quantitative estimate of drug-likeness (QED) is 0.412. The molecule has 148 valence electrons. The molecule has 0 unspecified atom stereocenters. The van der Waals surface area contributed by atoms with Crippen molar-refractivity contribution in [2.45, 2.75) is 12.8 Å². The van der Waals surface area contributed by atoms with Crippen LogP contribution in [-0.2, 0) is 9.53 Å². The van der Waals surface area contributed by atoms with Crippen molar-refractivity contribution in [3.63, 3.8) is 0 Å². The SMILES string of the molecule is O=C(CCCNc1ccc([N+](=O)[O-])cc1)Nc1cccc(N2CCOCC2)c1. The molecule has 1 amide bonds. The molecule has 0 radical (unpaired) electrons. The van der Waals surface area contributed by atoms with Crippen LogP contribution in [0, 0.1) is 10.1 Å². The summed E-state index contributed by atoms with van der Waals surface area (Å²) in [7, 11) is 0. The van der Waals surface area contributed by atoms with E-state index in [1.165, 1.54) is 12.1 Å². The molecule has 0 aliphatic carbocycles. The van der Waals surface area contributed by atoms with Gasteiger partial charge >= 0.3 is 0 Å². The minimum atomic E-state index is -0.428. The number of benzene rings is 2. The number of hydrogen-bond donors (Lipinski definition) is 2. The number of nitrogens with zero attached hydrogens (tertiary/aromatic N) is 2. The molecular formula is C20H24N4O4. The van der Waals surface area contributed by atoms with E-state index in [2.05, 4.69) is 15.5 Å². The van der Waals surface area contributed by atoms with E-state index in [-0.39, 0.29) is 11.6 Å². The van der Waals surface area contributed by atoms with Gasteiger partial charge in [0.1, 0.15) is 0 Å². The van der Waals surface area contributed by atoms with E-state index in [4.69, 9.17) is 4.74 Å². The average molecular weight is 384 g/mol. The van der Waals surface area contributed by atoms with Gasteiger partial charge in [-0.25, -0.2) is 0 Å². The Hall–Kier alpha value is -3.13. The van der Waals surface area contributed by atoms with Crippen molar-refractivity contribution < 1.29 is 14.5 Å². The van der Waals surface area contributed by atoms with Crippen LogP contribution in [0.2, 0.25) is 0 Å². The van der Waals surface area contributed by atoms with Gasteiger partial charge in [0.15, 0.2) is 0 Å². The first-order chi connectivity index (χ1) is 13.6. The van der Waals surface area contributed by atoms with Crippen molar-refractivity contribution in [2.75, 3.05) is 48.4 Å². The summed E-state index contributed by atoms with van der Waals surface area (Å²) < 4.78 is 5.37. The van der Waals surface area contributed by atoms with Gasteiger partial charge in [-0.3, -0.25) is 14.9 Å². The molecule has 0 spiro atoms. The topological polar surface area (TPSA) is 96.7 Å². The number of morpholine rings is 1. The summed E-state index contributed by atoms with van der Waals surface area (Å²) >= 11 is 0. The van der Waals surface area contributed by atoms with E-state index in [1.807, 2.05) is 24.3 Å².